The van der Waals surface area contributed by atoms with Crippen molar-refractivity contribution in [2.75, 3.05) is 33.9 Å². The van der Waals surface area contributed by atoms with Gasteiger partial charge in [0.25, 0.3) is 5.91 Å². The van der Waals surface area contributed by atoms with Gasteiger partial charge in [0.1, 0.15) is 17.3 Å². The molecule has 0 bridgehead atoms. The number of esters is 1. The Labute approximate surface area is 203 Å². The Hall–Kier alpha value is -3.88. The summed E-state index contributed by atoms with van der Waals surface area (Å²) < 4.78 is 31.0. The van der Waals surface area contributed by atoms with Crippen molar-refractivity contribution in [3.05, 3.63) is 65.6 Å². The van der Waals surface area contributed by atoms with Crippen molar-refractivity contribution in [1.82, 2.24) is 14.7 Å². The number of hydrogen-bond acceptors (Lipinski definition) is 6. The van der Waals surface area contributed by atoms with Crippen molar-refractivity contribution in [3.8, 4) is 22.8 Å². The number of rotatable bonds is 7. The predicted octanol–water partition coefficient (Wildman–Crippen LogP) is 4.36. The number of likely N-dealkylation sites (tertiary alicyclic amines) is 1. The van der Waals surface area contributed by atoms with Gasteiger partial charge in [-0.3, -0.25) is 9.48 Å². The summed E-state index contributed by atoms with van der Waals surface area (Å²) in [5.74, 6) is 0.108. The third-order valence-corrected chi connectivity index (χ3v) is 6.10. The van der Waals surface area contributed by atoms with E-state index < -0.39 is 5.97 Å². The highest BCUT2D eigenvalue weighted by Gasteiger charge is 2.29. The first-order valence-electron chi connectivity index (χ1n) is 11.5. The van der Waals surface area contributed by atoms with Gasteiger partial charge < -0.3 is 19.1 Å². The molecule has 1 fully saturated rings. The zero-order valence-electron chi connectivity index (χ0n) is 20.0. The molecule has 8 nitrogen and oxygen atoms in total. The van der Waals surface area contributed by atoms with Crippen LogP contribution in [0.1, 0.15) is 46.7 Å². The molecule has 0 aliphatic carbocycles. The number of methoxy groups -OCH3 is 2. The Morgan fingerprint density at radius 3 is 2.37 bits per heavy atom. The maximum atomic E-state index is 13.5. The van der Waals surface area contributed by atoms with Crippen LogP contribution < -0.4 is 9.47 Å². The van der Waals surface area contributed by atoms with Gasteiger partial charge in [0.05, 0.1) is 38.1 Å². The molecule has 1 aromatic heterocycles. The quantitative estimate of drug-likeness (QED) is 0.467. The average Bonchev–Trinajstić information content (AvgIpc) is 3.34. The molecule has 1 aliphatic heterocycles. The van der Waals surface area contributed by atoms with Crippen LogP contribution in [0.25, 0.3) is 11.3 Å². The van der Waals surface area contributed by atoms with E-state index in [9.17, 15) is 14.0 Å². The Balaban J connectivity index is 1.55. The van der Waals surface area contributed by atoms with Crippen molar-refractivity contribution in [3.63, 3.8) is 0 Å². The minimum Gasteiger partial charge on any atom is -0.497 e. The maximum absolute atomic E-state index is 13.5. The van der Waals surface area contributed by atoms with Gasteiger partial charge in [-0.1, -0.05) is 0 Å². The Morgan fingerprint density at radius 1 is 1.03 bits per heavy atom. The second-order valence-corrected chi connectivity index (χ2v) is 8.18. The lowest BCUT2D eigenvalue weighted by Gasteiger charge is -2.33. The molecule has 2 aromatic carbocycles. The number of carbonyl (C=O) groups excluding carboxylic acids is 2. The molecule has 0 spiro atoms. The summed E-state index contributed by atoms with van der Waals surface area (Å²) >= 11 is 0. The highest BCUT2D eigenvalue weighted by molar-refractivity contribution is 5.97. The first-order chi connectivity index (χ1) is 16.9. The molecule has 184 valence electrons. The van der Waals surface area contributed by atoms with Crippen LogP contribution in [0, 0.1) is 5.82 Å². The summed E-state index contributed by atoms with van der Waals surface area (Å²) in [6.07, 6.45) is 1.28. The summed E-state index contributed by atoms with van der Waals surface area (Å²) in [7, 11) is 3.08. The summed E-state index contributed by atoms with van der Waals surface area (Å²) in [4.78, 5) is 27.3. The van der Waals surface area contributed by atoms with Crippen molar-refractivity contribution in [2.24, 2.45) is 0 Å². The fourth-order valence-corrected chi connectivity index (χ4v) is 4.27. The van der Waals surface area contributed by atoms with Crippen LogP contribution >= 0.6 is 0 Å². The smallest absolute Gasteiger partial charge is 0.358 e. The molecule has 1 saturated heterocycles. The molecule has 0 N–H and O–H groups in total. The highest BCUT2D eigenvalue weighted by Crippen LogP contribution is 2.32. The Morgan fingerprint density at radius 2 is 1.74 bits per heavy atom. The second kappa shape index (κ2) is 10.6. The summed E-state index contributed by atoms with van der Waals surface area (Å²) in [5.41, 5.74) is 2.13. The van der Waals surface area contributed by atoms with Crippen LogP contribution in [-0.4, -0.2) is 60.5 Å². The molecule has 9 heteroatoms. The zero-order chi connectivity index (χ0) is 24.9. The standard InChI is InChI=1S/C26H28FN3O5/c1-4-35-26(32)22-16-23(17-5-7-18(27)8-6-17)30(28-22)19-11-13-29(14-12-19)25(31)21-10-9-20(33-2)15-24(21)34-3/h5-10,15-16,19H,4,11-14H2,1-3H3. The molecule has 1 amide bonds. The van der Waals surface area contributed by atoms with Gasteiger partial charge in [-0.05, 0) is 62.2 Å². The van der Waals surface area contributed by atoms with Crippen LogP contribution in [0.4, 0.5) is 4.39 Å². The number of aromatic nitrogens is 2. The molecule has 2 heterocycles. The molecular formula is C26H28FN3O5. The number of nitrogens with zero attached hydrogens (tertiary/aromatic N) is 3. The highest BCUT2D eigenvalue weighted by atomic mass is 19.1. The van der Waals surface area contributed by atoms with E-state index in [2.05, 4.69) is 5.10 Å². The first-order valence-corrected chi connectivity index (χ1v) is 11.5. The second-order valence-electron chi connectivity index (χ2n) is 8.18. The van der Waals surface area contributed by atoms with E-state index in [4.69, 9.17) is 14.2 Å². The Kier molecular flexibility index (Phi) is 7.33. The van der Waals surface area contributed by atoms with E-state index in [0.717, 1.165) is 5.56 Å². The molecule has 0 atom stereocenters. The normalized spacial score (nSPS) is 14.0. The molecule has 3 aromatic rings. The predicted molar refractivity (Wildman–Crippen MR) is 127 cm³/mol. The monoisotopic (exact) mass is 481 g/mol. The van der Waals surface area contributed by atoms with Crippen molar-refractivity contribution >= 4 is 11.9 Å². The van der Waals surface area contributed by atoms with E-state index >= 15 is 0 Å². The number of piperidine rings is 1. The fourth-order valence-electron chi connectivity index (χ4n) is 4.27. The van der Waals surface area contributed by atoms with Crippen LogP contribution in [0.2, 0.25) is 0 Å². The van der Waals surface area contributed by atoms with Gasteiger partial charge in [0.2, 0.25) is 0 Å². The minimum absolute atomic E-state index is 0.0416. The lowest BCUT2D eigenvalue weighted by Crippen LogP contribution is -2.39. The summed E-state index contributed by atoms with van der Waals surface area (Å²) in [6, 6.07) is 12.8. The topological polar surface area (TPSA) is 82.9 Å². The summed E-state index contributed by atoms with van der Waals surface area (Å²) in [5, 5.41) is 4.54. The number of carbonyl (C=O) groups is 2. The zero-order valence-corrected chi connectivity index (χ0v) is 20.0. The van der Waals surface area contributed by atoms with Crippen LogP contribution in [0.3, 0.4) is 0 Å². The summed E-state index contributed by atoms with van der Waals surface area (Å²) in [6.45, 7) is 3.00. The molecule has 1 aliphatic rings. The van der Waals surface area contributed by atoms with Gasteiger partial charge >= 0.3 is 5.97 Å². The number of hydrogen-bond donors (Lipinski definition) is 0. The van der Waals surface area contributed by atoms with Gasteiger partial charge in [0, 0.05) is 24.7 Å². The van der Waals surface area contributed by atoms with Crippen molar-refractivity contribution in [1.29, 1.82) is 0 Å². The van der Waals surface area contributed by atoms with Crippen LogP contribution in [-0.2, 0) is 4.74 Å². The van der Waals surface area contributed by atoms with Gasteiger partial charge in [0.15, 0.2) is 5.69 Å². The molecule has 0 radical (unpaired) electrons. The number of amides is 1. The van der Waals surface area contributed by atoms with Crippen LogP contribution in [0.5, 0.6) is 11.5 Å². The van der Waals surface area contributed by atoms with E-state index in [1.165, 1.54) is 19.2 Å². The van der Waals surface area contributed by atoms with E-state index in [1.807, 2.05) is 0 Å². The number of ether oxygens (including phenoxy) is 3. The molecule has 0 saturated carbocycles. The maximum Gasteiger partial charge on any atom is 0.358 e. The number of benzene rings is 2. The van der Waals surface area contributed by atoms with E-state index in [1.54, 1.807) is 60.0 Å². The van der Waals surface area contributed by atoms with Crippen LogP contribution in [0.15, 0.2) is 48.5 Å². The molecule has 0 unspecified atom stereocenters. The van der Waals surface area contributed by atoms with E-state index in [-0.39, 0.29) is 30.1 Å². The molecule has 4 rings (SSSR count). The SMILES string of the molecule is CCOC(=O)c1cc(-c2ccc(F)cc2)n(C2CCN(C(=O)c3ccc(OC)cc3OC)CC2)n1. The van der Waals surface area contributed by atoms with E-state index in [0.29, 0.717) is 48.7 Å². The third-order valence-electron chi connectivity index (χ3n) is 6.10. The van der Waals surface area contributed by atoms with Gasteiger partial charge in [-0.25, -0.2) is 9.18 Å². The van der Waals surface area contributed by atoms with Crippen molar-refractivity contribution in [2.45, 2.75) is 25.8 Å². The fraction of sp³-hybridized carbons (Fsp3) is 0.346. The number of halogens is 1. The minimum atomic E-state index is -0.506. The first kappa shape index (κ1) is 24.3. The van der Waals surface area contributed by atoms with Crippen molar-refractivity contribution < 1.29 is 28.2 Å². The lowest BCUT2D eigenvalue weighted by molar-refractivity contribution is 0.0517. The lowest BCUT2D eigenvalue weighted by atomic mass is 10.0. The largest absolute Gasteiger partial charge is 0.497 e. The van der Waals surface area contributed by atoms with Gasteiger partial charge in [-0.2, -0.15) is 5.10 Å². The average molecular weight is 482 g/mol. The Bertz CT molecular complexity index is 1200. The third kappa shape index (κ3) is 5.13. The molecule has 35 heavy (non-hydrogen) atoms. The van der Waals surface area contributed by atoms with Gasteiger partial charge in [-0.15, -0.1) is 0 Å². The molecular weight excluding hydrogens is 453 g/mol.